The van der Waals surface area contributed by atoms with Gasteiger partial charge in [0.25, 0.3) is 5.56 Å². The zero-order chi connectivity index (χ0) is 23.4. The van der Waals surface area contributed by atoms with E-state index in [1.165, 1.54) is 32.1 Å². The molecule has 0 bridgehead atoms. The third-order valence-corrected chi connectivity index (χ3v) is 7.93. The Hall–Kier alpha value is -3.70. The molecule has 0 saturated heterocycles. The molecule has 0 radical (unpaired) electrons. The van der Waals surface area contributed by atoms with Gasteiger partial charge in [0.1, 0.15) is 4.83 Å². The lowest BCUT2D eigenvalue weighted by Crippen LogP contribution is -2.19. The summed E-state index contributed by atoms with van der Waals surface area (Å²) in [6, 6.07) is 24.1. The third-order valence-electron chi connectivity index (χ3n) is 6.70. The average molecular weight is 466 g/mol. The first-order valence-corrected chi connectivity index (χ1v) is 12.3. The second-order valence-corrected chi connectivity index (χ2v) is 10.1. The molecule has 1 saturated carbocycles. The fourth-order valence-corrected chi connectivity index (χ4v) is 6.31. The lowest BCUT2D eigenvalue weighted by Gasteiger charge is -2.13. The van der Waals surface area contributed by atoms with Crippen LogP contribution in [0.5, 0.6) is 0 Å². The minimum atomic E-state index is -1.08. The maximum absolute atomic E-state index is 13.4. The van der Waals surface area contributed by atoms with Crippen LogP contribution < -0.4 is 5.56 Å². The fourth-order valence-electron chi connectivity index (χ4n) is 4.91. The van der Waals surface area contributed by atoms with E-state index in [2.05, 4.69) is 30.3 Å². The number of hydrogen-bond acceptors (Lipinski definition) is 3. The van der Waals surface area contributed by atoms with E-state index in [1.807, 2.05) is 43.3 Å². The van der Waals surface area contributed by atoms with Gasteiger partial charge in [0.05, 0.1) is 4.88 Å². The lowest BCUT2D eigenvalue weighted by atomic mass is 9.95. The molecule has 5 aromatic rings. The first-order valence-electron chi connectivity index (χ1n) is 11.5. The van der Waals surface area contributed by atoms with Gasteiger partial charge in [0.2, 0.25) is 0 Å². The second-order valence-electron chi connectivity index (χ2n) is 9.10. The number of pyridine rings is 1. The standard InChI is InChI=1S/C29H23NO3S/c1-17-9-11-20(12-10-17)27-26(29(32)33)30-24(31)16-22(25(19-13-14-19)28(30)34-27)15-21-7-4-6-18-5-2-3-8-23(18)21/h2-12,16,19H,13-15H2,1H3,(H,32,33). The van der Waals surface area contributed by atoms with Gasteiger partial charge in [-0.1, -0.05) is 72.3 Å². The van der Waals surface area contributed by atoms with Crippen molar-refractivity contribution in [2.75, 3.05) is 0 Å². The van der Waals surface area contributed by atoms with Crippen LogP contribution in [0, 0.1) is 6.92 Å². The summed E-state index contributed by atoms with van der Waals surface area (Å²) in [5, 5.41) is 12.5. The minimum absolute atomic E-state index is 0.0625. The van der Waals surface area contributed by atoms with Crippen LogP contribution in [-0.2, 0) is 6.42 Å². The van der Waals surface area contributed by atoms with Crippen LogP contribution in [0.15, 0.2) is 77.6 Å². The van der Waals surface area contributed by atoms with Crippen molar-refractivity contribution in [3.63, 3.8) is 0 Å². The van der Waals surface area contributed by atoms with Crippen LogP contribution in [-0.4, -0.2) is 15.5 Å². The SMILES string of the molecule is Cc1ccc(-c2sc3c(C4CC4)c(Cc4cccc5ccccc45)cc(=O)n3c2C(=O)O)cc1. The molecule has 4 nitrogen and oxygen atoms in total. The number of hydrogen-bond donors (Lipinski definition) is 1. The van der Waals surface area contributed by atoms with Crippen LogP contribution in [0.25, 0.3) is 26.0 Å². The van der Waals surface area contributed by atoms with E-state index < -0.39 is 5.97 Å². The topological polar surface area (TPSA) is 58.8 Å². The Morgan fingerprint density at radius 2 is 1.74 bits per heavy atom. The van der Waals surface area contributed by atoms with Crippen molar-refractivity contribution in [2.45, 2.75) is 32.1 Å². The summed E-state index contributed by atoms with van der Waals surface area (Å²) in [7, 11) is 0. The number of aryl methyl sites for hydroxylation is 1. The molecule has 6 rings (SSSR count). The molecule has 0 atom stereocenters. The van der Waals surface area contributed by atoms with Crippen LogP contribution >= 0.6 is 11.3 Å². The Balaban J connectivity index is 1.60. The van der Waals surface area contributed by atoms with Gasteiger partial charge in [-0.25, -0.2) is 4.79 Å². The molecule has 1 aliphatic carbocycles. The summed E-state index contributed by atoms with van der Waals surface area (Å²) in [6.07, 6.45) is 2.78. The number of fused-ring (bicyclic) bond motifs is 2. The largest absolute Gasteiger partial charge is 0.477 e. The summed E-state index contributed by atoms with van der Waals surface area (Å²) in [4.78, 5) is 27.1. The van der Waals surface area contributed by atoms with Crippen molar-refractivity contribution in [1.29, 1.82) is 0 Å². The predicted molar refractivity (Wildman–Crippen MR) is 137 cm³/mol. The molecular weight excluding hydrogens is 442 g/mol. The molecule has 168 valence electrons. The minimum Gasteiger partial charge on any atom is -0.477 e. The highest BCUT2D eigenvalue weighted by atomic mass is 32.1. The Labute approximate surface area is 200 Å². The van der Waals surface area contributed by atoms with Gasteiger partial charge in [-0.05, 0) is 65.1 Å². The van der Waals surface area contributed by atoms with Gasteiger partial charge in [0.15, 0.2) is 5.69 Å². The number of aromatic carboxylic acids is 1. The number of carboxylic acid groups (broad SMARTS) is 1. The maximum atomic E-state index is 13.4. The van der Waals surface area contributed by atoms with Crippen LogP contribution in [0.4, 0.5) is 0 Å². The molecule has 34 heavy (non-hydrogen) atoms. The molecule has 2 heterocycles. The number of rotatable bonds is 5. The van der Waals surface area contributed by atoms with Crippen LogP contribution in [0.3, 0.4) is 0 Å². The van der Waals surface area contributed by atoms with Crippen LogP contribution in [0.2, 0.25) is 0 Å². The summed E-state index contributed by atoms with van der Waals surface area (Å²) in [6.45, 7) is 2.00. The molecule has 5 heteroatoms. The van der Waals surface area contributed by atoms with Gasteiger partial charge >= 0.3 is 5.97 Å². The Morgan fingerprint density at radius 1 is 1.00 bits per heavy atom. The highest BCUT2D eigenvalue weighted by Crippen LogP contribution is 2.47. The van der Waals surface area contributed by atoms with Crippen molar-refractivity contribution in [3.8, 4) is 10.4 Å². The van der Waals surface area contributed by atoms with Gasteiger partial charge in [0, 0.05) is 6.07 Å². The van der Waals surface area contributed by atoms with Gasteiger partial charge in [-0.3, -0.25) is 9.20 Å². The molecule has 0 spiro atoms. The molecule has 2 aromatic heterocycles. The van der Waals surface area contributed by atoms with E-state index in [1.54, 1.807) is 6.07 Å². The smallest absolute Gasteiger partial charge is 0.354 e. The Bertz CT molecular complexity index is 1630. The predicted octanol–water partition coefficient (Wildman–Crippen LogP) is 6.66. The summed E-state index contributed by atoms with van der Waals surface area (Å²) in [5.41, 5.74) is 5.05. The van der Waals surface area contributed by atoms with E-state index in [0.717, 1.165) is 39.9 Å². The zero-order valence-corrected chi connectivity index (χ0v) is 19.6. The van der Waals surface area contributed by atoms with Crippen molar-refractivity contribution in [3.05, 3.63) is 111 Å². The van der Waals surface area contributed by atoms with Crippen molar-refractivity contribution in [2.24, 2.45) is 0 Å². The van der Waals surface area contributed by atoms with E-state index in [4.69, 9.17) is 0 Å². The monoisotopic (exact) mass is 465 g/mol. The fraction of sp³-hybridized carbons (Fsp3) is 0.172. The summed E-state index contributed by atoms with van der Waals surface area (Å²) < 4.78 is 1.43. The Morgan fingerprint density at radius 3 is 2.47 bits per heavy atom. The lowest BCUT2D eigenvalue weighted by molar-refractivity contribution is 0.0690. The van der Waals surface area contributed by atoms with Crippen LogP contribution in [0.1, 0.15) is 51.5 Å². The number of nitrogens with zero attached hydrogens (tertiary/aromatic N) is 1. The first kappa shape index (κ1) is 20.9. The molecule has 3 aromatic carbocycles. The number of carboxylic acids is 1. The normalized spacial score (nSPS) is 13.6. The van der Waals surface area contributed by atoms with E-state index >= 15 is 0 Å². The number of carbonyl (C=O) groups is 1. The van der Waals surface area contributed by atoms with E-state index in [0.29, 0.717) is 17.2 Å². The van der Waals surface area contributed by atoms with Gasteiger partial charge in [-0.2, -0.15) is 0 Å². The molecule has 0 amide bonds. The molecule has 1 aliphatic rings. The molecule has 1 N–H and O–H groups in total. The average Bonchev–Trinajstić information content (AvgIpc) is 3.58. The van der Waals surface area contributed by atoms with E-state index in [-0.39, 0.29) is 11.3 Å². The number of aromatic nitrogens is 1. The zero-order valence-electron chi connectivity index (χ0n) is 18.7. The first-order chi connectivity index (χ1) is 16.5. The molecule has 1 fully saturated rings. The molecule has 0 aliphatic heterocycles. The summed E-state index contributed by atoms with van der Waals surface area (Å²) in [5.74, 6) is -0.709. The highest BCUT2D eigenvalue weighted by molar-refractivity contribution is 7.21. The maximum Gasteiger partial charge on any atom is 0.354 e. The summed E-state index contributed by atoms with van der Waals surface area (Å²) >= 11 is 1.43. The molecular formula is C29H23NO3S. The highest BCUT2D eigenvalue weighted by Gasteiger charge is 2.32. The third kappa shape index (κ3) is 3.44. The second kappa shape index (κ2) is 7.96. The quantitative estimate of drug-likeness (QED) is 0.316. The molecule has 0 unspecified atom stereocenters. The Kier molecular flexibility index (Phi) is 4.89. The number of thiazole rings is 1. The van der Waals surface area contributed by atoms with Crippen molar-refractivity contribution >= 4 is 32.9 Å². The number of benzene rings is 3. The van der Waals surface area contributed by atoms with Crippen molar-refractivity contribution < 1.29 is 9.90 Å². The van der Waals surface area contributed by atoms with Crippen molar-refractivity contribution in [1.82, 2.24) is 4.40 Å². The van der Waals surface area contributed by atoms with Gasteiger partial charge < -0.3 is 5.11 Å². The van der Waals surface area contributed by atoms with Gasteiger partial charge in [-0.15, -0.1) is 11.3 Å². The van der Waals surface area contributed by atoms with E-state index in [9.17, 15) is 14.7 Å².